The zero-order chi connectivity index (χ0) is 14.3. The van der Waals surface area contributed by atoms with Gasteiger partial charge < -0.3 is 14.8 Å². The van der Waals surface area contributed by atoms with E-state index >= 15 is 0 Å². The van der Waals surface area contributed by atoms with Crippen LogP contribution < -0.4 is 14.8 Å². The first-order valence-corrected chi connectivity index (χ1v) is 7.45. The maximum Gasteiger partial charge on any atom is 0.133 e. The Morgan fingerprint density at radius 2 is 2.05 bits per heavy atom. The summed E-state index contributed by atoms with van der Waals surface area (Å²) in [7, 11) is 1.66. The van der Waals surface area contributed by atoms with Crippen molar-refractivity contribution in [1.29, 1.82) is 0 Å². The molecule has 0 bridgehead atoms. The molecule has 0 saturated carbocycles. The maximum absolute atomic E-state index is 5.89. The second kappa shape index (κ2) is 7.75. The Morgan fingerprint density at radius 3 is 2.63 bits per heavy atom. The summed E-state index contributed by atoms with van der Waals surface area (Å²) in [6, 6.07) is 5.75. The van der Waals surface area contributed by atoms with E-state index in [4.69, 9.17) is 9.47 Å². The molecule has 1 aromatic carbocycles. The lowest BCUT2D eigenvalue weighted by Crippen LogP contribution is -2.34. The van der Waals surface area contributed by atoms with Gasteiger partial charge in [-0.25, -0.2) is 0 Å². The molecule has 4 heteroatoms. The molecule has 0 aliphatic heterocycles. The van der Waals surface area contributed by atoms with Gasteiger partial charge in [0.1, 0.15) is 11.5 Å². The van der Waals surface area contributed by atoms with E-state index in [1.807, 2.05) is 18.2 Å². The lowest BCUT2D eigenvalue weighted by molar-refractivity contribution is 0.175. The molecule has 1 rings (SSSR count). The van der Waals surface area contributed by atoms with Crippen LogP contribution in [0.15, 0.2) is 22.7 Å². The molecule has 0 unspecified atom stereocenters. The van der Waals surface area contributed by atoms with E-state index in [1.54, 1.807) is 7.11 Å². The fourth-order valence-corrected chi connectivity index (χ4v) is 2.13. The van der Waals surface area contributed by atoms with Crippen molar-refractivity contribution in [3.05, 3.63) is 22.7 Å². The second-order valence-corrected chi connectivity index (χ2v) is 6.28. The normalized spacial score (nSPS) is 11.4. The molecule has 1 aromatic rings. The summed E-state index contributed by atoms with van der Waals surface area (Å²) in [4.78, 5) is 0. The summed E-state index contributed by atoms with van der Waals surface area (Å²) in [5.41, 5.74) is 0.106. The minimum absolute atomic E-state index is 0.106. The molecule has 0 spiro atoms. The Bertz CT molecular complexity index is 394. The first kappa shape index (κ1) is 16.3. The number of ether oxygens (including phenoxy) is 2. The minimum atomic E-state index is 0.106. The van der Waals surface area contributed by atoms with Crippen LogP contribution in [0.25, 0.3) is 0 Å². The molecule has 0 aliphatic rings. The molecule has 1 N–H and O–H groups in total. The smallest absolute Gasteiger partial charge is 0.133 e. The van der Waals surface area contributed by atoms with E-state index < -0.39 is 0 Å². The number of nitrogens with one attached hydrogen (secondary N) is 1. The third kappa shape index (κ3) is 5.83. The Hall–Kier alpha value is -0.740. The topological polar surface area (TPSA) is 30.5 Å². The molecule has 108 valence electrons. The van der Waals surface area contributed by atoms with Gasteiger partial charge in [0.05, 0.1) is 18.2 Å². The van der Waals surface area contributed by atoms with Crippen molar-refractivity contribution < 1.29 is 9.47 Å². The molecule has 0 fully saturated rings. The van der Waals surface area contributed by atoms with Crippen LogP contribution in [0.5, 0.6) is 11.5 Å². The number of rotatable bonds is 8. The van der Waals surface area contributed by atoms with E-state index in [9.17, 15) is 0 Å². The second-order valence-electron chi connectivity index (χ2n) is 5.43. The van der Waals surface area contributed by atoms with Gasteiger partial charge in [-0.3, -0.25) is 0 Å². The summed E-state index contributed by atoms with van der Waals surface area (Å²) < 4.78 is 12.0. The van der Waals surface area contributed by atoms with E-state index in [2.05, 4.69) is 42.0 Å². The van der Waals surface area contributed by atoms with Crippen LogP contribution in [-0.4, -0.2) is 26.8 Å². The van der Waals surface area contributed by atoms with Crippen LogP contribution in [0.4, 0.5) is 0 Å². The van der Waals surface area contributed by atoms with Crippen LogP contribution >= 0.6 is 15.9 Å². The van der Waals surface area contributed by atoms with E-state index in [0.717, 1.165) is 35.5 Å². The van der Waals surface area contributed by atoms with Crippen molar-refractivity contribution in [1.82, 2.24) is 5.32 Å². The van der Waals surface area contributed by atoms with Crippen LogP contribution in [-0.2, 0) is 0 Å². The van der Waals surface area contributed by atoms with E-state index in [0.29, 0.717) is 6.61 Å². The van der Waals surface area contributed by atoms with Gasteiger partial charge in [0.25, 0.3) is 0 Å². The van der Waals surface area contributed by atoms with Gasteiger partial charge in [-0.2, -0.15) is 0 Å². The molecule has 0 saturated heterocycles. The van der Waals surface area contributed by atoms with Crippen LogP contribution in [0.1, 0.15) is 27.2 Å². The number of methoxy groups -OCH3 is 1. The number of hydrogen-bond acceptors (Lipinski definition) is 3. The summed E-state index contributed by atoms with van der Waals surface area (Å²) in [5, 5.41) is 3.43. The average molecular weight is 330 g/mol. The fourth-order valence-electron chi connectivity index (χ4n) is 1.65. The Kier molecular flexibility index (Phi) is 6.66. The molecular formula is C15H24BrNO2. The van der Waals surface area contributed by atoms with Gasteiger partial charge in [0.2, 0.25) is 0 Å². The van der Waals surface area contributed by atoms with Crippen LogP contribution in [0.2, 0.25) is 0 Å². The first-order valence-electron chi connectivity index (χ1n) is 6.65. The quantitative estimate of drug-likeness (QED) is 0.734. The van der Waals surface area contributed by atoms with Crippen molar-refractivity contribution in [2.24, 2.45) is 5.41 Å². The molecular weight excluding hydrogens is 306 g/mol. The first-order chi connectivity index (χ1) is 8.98. The minimum Gasteiger partial charge on any atom is -0.497 e. The summed E-state index contributed by atoms with van der Waals surface area (Å²) in [6.45, 7) is 9.25. The highest BCUT2D eigenvalue weighted by molar-refractivity contribution is 9.10. The van der Waals surface area contributed by atoms with Crippen LogP contribution in [0, 0.1) is 5.41 Å². The van der Waals surface area contributed by atoms with Crippen molar-refractivity contribution in [3.8, 4) is 11.5 Å². The van der Waals surface area contributed by atoms with Crippen molar-refractivity contribution in [3.63, 3.8) is 0 Å². The maximum atomic E-state index is 5.89. The molecule has 0 amide bonds. The van der Waals surface area contributed by atoms with Gasteiger partial charge in [0, 0.05) is 12.0 Å². The Morgan fingerprint density at radius 1 is 1.32 bits per heavy atom. The van der Waals surface area contributed by atoms with Gasteiger partial charge >= 0.3 is 0 Å². The van der Waals surface area contributed by atoms with E-state index in [-0.39, 0.29) is 5.41 Å². The van der Waals surface area contributed by atoms with Gasteiger partial charge in [-0.15, -0.1) is 0 Å². The predicted molar refractivity (Wildman–Crippen MR) is 83.1 cm³/mol. The largest absolute Gasteiger partial charge is 0.497 e. The van der Waals surface area contributed by atoms with Gasteiger partial charge in [-0.1, -0.05) is 20.8 Å². The molecule has 0 radical (unpaired) electrons. The lowest BCUT2D eigenvalue weighted by Gasteiger charge is -2.25. The summed E-state index contributed by atoms with van der Waals surface area (Å²) >= 11 is 3.50. The van der Waals surface area contributed by atoms with Crippen molar-refractivity contribution in [2.45, 2.75) is 27.2 Å². The predicted octanol–water partition coefficient (Wildman–Crippen LogP) is 3.86. The fraction of sp³-hybridized carbons (Fsp3) is 0.600. The SMILES string of the molecule is CCCNCC(C)(C)COc1ccc(OC)cc1Br. The molecule has 19 heavy (non-hydrogen) atoms. The highest BCUT2D eigenvalue weighted by atomic mass is 79.9. The summed E-state index contributed by atoms with van der Waals surface area (Å²) in [6.07, 6.45) is 1.15. The molecule has 0 aromatic heterocycles. The number of hydrogen-bond donors (Lipinski definition) is 1. The van der Waals surface area contributed by atoms with Crippen LogP contribution in [0.3, 0.4) is 0 Å². The van der Waals surface area contributed by atoms with E-state index in [1.165, 1.54) is 0 Å². The highest BCUT2D eigenvalue weighted by Gasteiger charge is 2.19. The third-order valence-electron chi connectivity index (χ3n) is 2.79. The molecule has 3 nitrogen and oxygen atoms in total. The summed E-state index contributed by atoms with van der Waals surface area (Å²) in [5.74, 6) is 1.67. The number of halogens is 1. The molecule has 0 atom stereocenters. The Labute approximate surface area is 124 Å². The highest BCUT2D eigenvalue weighted by Crippen LogP contribution is 2.30. The van der Waals surface area contributed by atoms with Gasteiger partial charge in [-0.05, 0) is 47.1 Å². The lowest BCUT2D eigenvalue weighted by atomic mass is 9.95. The zero-order valence-corrected chi connectivity index (χ0v) is 13.8. The zero-order valence-electron chi connectivity index (χ0n) is 12.3. The molecule has 0 aliphatic carbocycles. The standard InChI is InChI=1S/C15H24BrNO2/c1-5-8-17-10-15(2,3)11-19-14-7-6-12(18-4)9-13(14)16/h6-7,9,17H,5,8,10-11H2,1-4H3. The average Bonchev–Trinajstić information content (AvgIpc) is 2.37. The Balaban J connectivity index is 2.51. The van der Waals surface area contributed by atoms with Crippen molar-refractivity contribution in [2.75, 3.05) is 26.8 Å². The monoisotopic (exact) mass is 329 g/mol. The van der Waals surface area contributed by atoms with Gasteiger partial charge in [0.15, 0.2) is 0 Å². The number of benzene rings is 1. The van der Waals surface area contributed by atoms with Crippen molar-refractivity contribution >= 4 is 15.9 Å². The third-order valence-corrected chi connectivity index (χ3v) is 3.41. The molecule has 0 heterocycles.